The summed E-state index contributed by atoms with van der Waals surface area (Å²) in [4.78, 5) is 30.5. The topological polar surface area (TPSA) is 89.0 Å². The first-order valence-electron chi connectivity index (χ1n) is 9.78. The molecule has 2 heterocycles. The third-order valence-corrected chi connectivity index (χ3v) is 5.87. The van der Waals surface area contributed by atoms with Crippen molar-refractivity contribution in [2.45, 2.75) is 25.0 Å². The van der Waals surface area contributed by atoms with Gasteiger partial charge in [-0.3, -0.25) is 9.78 Å². The van der Waals surface area contributed by atoms with E-state index in [0.717, 1.165) is 0 Å². The summed E-state index contributed by atoms with van der Waals surface area (Å²) in [5, 5.41) is 10.7. The number of hydrogen-bond acceptors (Lipinski definition) is 6. The van der Waals surface area contributed by atoms with E-state index in [1.165, 1.54) is 7.11 Å². The quantitative estimate of drug-likeness (QED) is 0.797. The number of aliphatic hydroxyl groups is 1. The fourth-order valence-corrected chi connectivity index (χ4v) is 4.37. The van der Waals surface area contributed by atoms with E-state index in [4.69, 9.17) is 9.47 Å². The molecule has 7 nitrogen and oxygen atoms in total. The average Bonchev–Trinajstić information content (AvgIpc) is 3.16. The van der Waals surface area contributed by atoms with E-state index in [1.54, 1.807) is 48.8 Å². The van der Waals surface area contributed by atoms with Crippen LogP contribution in [-0.4, -0.2) is 59.3 Å². The molecule has 0 bridgehead atoms. The van der Waals surface area contributed by atoms with E-state index in [9.17, 15) is 14.7 Å². The van der Waals surface area contributed by atoms with Gasteiger partial charge in [0.15, 0.2) is 0 Å². The Morgan fingerprint density at radius 2 is 1.76 bits per heavy atom. The lowest BCUT2D eigenvalue weighted by Crippen LogP contribution is -2.42. The molecule has 1 aromatic carbocycles. The van der Waals surface area contributed by atoms with Crippen molar-refractivity contribution < 1.29 is 24.2 Å². The van der Waals surface area contributed by atoms with Crippen LogP contribution in [-0.2, 0) is 4.74 Å². The van der Waals surface area contributed by atoms with E-state index in [1.807, 2.05) is 4.90 Å². The maximum absolute atomic E-state index is 12.8. The molecule has 2 aromatic rings. The molecule has 0 unspecified atom stereocenters. The van der Waals surface area contributed by atoms with E-state index < -0.39 is 18.2 Å². The summed E-state index contributed by atoms with van der Waals surface area (Å²) in [7, 11) is 1.33. The third-order valence-electron chi connectivity index (χ3n) is 5.87. The molecule has 1 N–H and O–H groups in total. The maximum Gasteiger partial charge on any atom is 0.341 e. The normalized spacial score (nSPS) is 25.9. The second-order valence-electron chi connectivity index (χ2n) is 7.65. The first-order valence-corrected chi connectivity index (χ1v) is 9.78. The molecule has 2 fully saturated rings. The molecule has 1 amide bonds. The minimum Gasteiger partial charge on any atom is -0.487 e. The number of pyridine rings is 1. The number of aliphatic hydroxyl groups excluding tert-OH is 1. The number of fused-ring (bicyclic) bond motifs is 1. The molecule has 4 atom stereocenters. The lowest BCUT2D eigenvalue weighted by molar-refractivity contribution is -0.0237. The highest BCUT2D eigenvalue weighted by molar-refractivity contribution is 5.94. The Morgan fingerprint density at radius 1 is 1.07 bits per heavy atom. The van der Waals surface area contributed by atoms with Crippen LogP contribution < -0.4 is 4.74 Å². The summed E-state index contributed by atoms with van der Waals surface area (Å²) in [6.45, 7) is 1.27. The predicted molar refractivity (Wildman–Crippen MR) is 105 cm³/mol. The van der Waals surface area contributed by atoms with Crippen LogP contribution in [0, 0.1) is 11.8 Å². The number of para-hydroxylation sites is 1. The van der Waals surface area contributed by atoms with Crippen molar-refractivity contribution in [1.82, 2.24) is 9.88 Å². The summed E-state index contributed by atoms with van der Waals surface area (Å²) in [6.07, 6.45) is 3.33. The van der Waals surface area contributed by atoms with Crippen LogP contribution in [0.15, 0.2) is 48.8 Å². The maximum atomic E-state index is 12.8. The summed E-state index contributed by atoms with van der Waals surface area (Å²) in [5.41, 5.74) is 0.962. The van der Waals surface area contributed by atoms with Crippen molar-refractivity contribution in [3.05, 3.63) is 59.9 Å². The van der Waals surface area contributed by atoms with Gasteiger partial charge in [-0.1, -0.05) is 12.1 Å². The van der Waals surface area contributed by atoms with Crippen LogP contribution in [0.3, 0.4) is 0 Å². The second kappa shape index (κ2) is 8.21. The number of ether oxygens (including phenoxy) is 2. The van der Waals surface area contributed by atoms with Crippen LogP contribution in [0.1, 0.15) is 33.6 Å². The minimum atomic E-state index is -0.655. The number of methoxy groups -OCH3 is 1. The number of esters is 1. The number of carbonyl (C=O) groups is 2. The summed E-state index contributed by atoms with van der Waals surface area (Å²) in [6, 6.07) is 10.3. The molecule has 152 valence electrons. The van der Waals surface area contributed by atoms with Gasteiger partial charge in [0.05, 0.1) is 13.2 Å². The zero-order valence-electron chi connectivity index (χ0n) is 16.2. The van der Waals surface area contributed by atoms with Crippen LogP contribution in [0.25, 0.3) is 0 Å². The zero-order valence-corrected chi connectivity index (χ0v) is 16.2. The molecule has 2 aliphatic rings. The predicted octanol–water partition coefficient (Wildman–Crippen LogP) is 2.16. The fraction of sp³-hybridized carbons (Fsp3) is 0.409. The second-order valence-corrected chi connectivity index (χ2v) is 7.65. The van der Waals surface area contributed by atoms with Gasteiger partial charge in [0, 0.05) is 31.0 Å². The monoisotopic (exact) mass is 396 g/mol. The van der Waals surface area contributed by atoms with Crippen molar-refractivity contribution in [3.63, 3.8) is 0 Å². The molecule has 1 aromatic heterocycles. The van der Waals surface area contributed by atoms with Gasteiger partial charge in [-0.05, 0) is 48.9 Å². The highest BCUT2D eigenvalue weighted by Crippen LogP contribution is 2.38. The lowest BCUT2D eigenvalue weighted by atomic mass is 9.78. The molecular weight excluding hydrogens is 372 g/mol. The van der Waals surface area contributed by atoms with Gasteiger partial charge in [0.2, 0.25) is 0 Å². The van der Waals surface area contributed by atoms with Gasteiger partial charge in [-0.25, -0.2) is 4.79 Å². The number of hydrogen-bond donors (Lipinski definition) is 1. The lowest BCUT2D eigenvalue weighted by Gasteiger charge is -2.35. The number of amides is 1. The number of nitrogens with zero attached hydrogens (tertiary/aromatic N) is 2. The number of aromatic nitrogens is 1. The van der Waals surface area contributed by atoms with E-state index in [0.29, 0.717) is 42.8 Å². The van der Waals surface area contributed by atoms with Crippen LogP contribution >= 0.6 is 0 Å². The molecule has 1 aliphatic heterocycles. The molecule has 0 spiro atoms. The van der Waals surface area contributed by atoms with Crippen molar-refractivity contribution in [1.29, 1.82) is 0 Å². The van der Waals surface area contributed by atoms with E-state index in [-0.39, 0.29) is 17.7 Å². The van der Waals surface area contributed by atoms with Gasteiger partial charge in [0.25, 0.3) is 5.91 Å². The Labute approximate surface area is 169 Å². The summed E-state index contributed by atoms with van der Waals surface area (Å²) < 4.78 is 10.9. The number of carbonyl (C=O) groups excluding carboxylic acids is 2. The van der Waals surface area contributed by atoms with E-state index in [2.05, 4.69) is 4.98 Å². The molecule has 4 rings (SSSR count). The number of rotatable bonds is 4. The van der Waals surface area contributed by atoms with Crippen molar-refractivity contribution in [2.75, 3.05) is 20.2 Å². The molecule has 0 radical (unpaired) electrons. The SMILES string of the molecule is COC(=O)c1ccccc1O[C@@H]1C[C@@H]2CN(C(=O)c3ccncc3)C[C@@H]2C[C@H]1O. The Hall–Kier alpha value is -2.93. The van der Waals surface area contributed by atoms with Gasteiger partial charge in [0.1, 0.15) is 17.4 Å². The van der Waals surface area contributed by atoms with E-state index >= 15 is 0 Å². The Kier molecular flexibility index (Phi) is 5.49. The van der Waals surface area contributed by atoms with Crippen molar-refractivity contribution in [3.8, 4) is 5.75 Å². The smallest absolute Gasteiger partial charge is 0.341 e. The highest BCUT2D eigenvalue weighted by Gasteiger charge is 2.44. The standard InChI is InChI=1S/C22H24N2O5/c1-28-22(27)17-4-2-3-5-19(17)29-20-11-16-13-24(12-15(16)10-18(20)25)21(26)14-6-8-23-9-7-14/h2-9,15-16,18,20,25H,10-13H2,1H3/t15-,16+,18+,20+/m0/s1. The first-order chi connectivity index (χ1) is 14.1. The fourth-order valence-electron chi connectivity index (χ4n) is 4.37. The van der Waals surface area contributed by atoms with Crippen molar-refractivity contribution >= 4 is 11.9 Å². The van der Waals surface area contributed by atoms with Crippen LogP contribution in [0.5, 0.6) is 5.75 Å². The molecule has 1 saturated carbocycles. The molecule has 1 aliphatic carbocycles. The zero-order chi connectivity index (χ0) is 20.4. The largest absolute Gasteiger partial charge is 0.487 e. The summed E-state index contributed by atoms with van der Waals surface area (Å²) >= 11 is 0. The first kappa shape index (κ1) is 19.4. The number of likely N-dealkylation sites (tertiary alicyclic amines) is 1. The van der Waals surface area contributed by atoms with Crippen molar-refractivity contribution in [2.24, 2.45) is 11.8 Å². The Balaban J connectivity index is 1.45. The van der Waals surface area contributed by atoms with Gasteiger partial charge < -0.3 is 19.5 Å². The third kappa shape index (κ3) is 3.96. The van der Waals surface area contributed by atoms with Gasteiger partial charge in [-0.2, -0.15) is 0 Å². The molecule has 7 heteroatoms. The van der Waals surface area contributed by atoms with Gasteiger partial charge >= 0.3 is 5.97 Å². The molecular formula is C22H24N2O5. The molecule has 1 saturated heterocycles. The summed E-state index contributed by atoms with van der Waals surface area (Å²) in [5.74, 6) is 0.416. The highest BCUT2D eigenvalue weighted by atomic mass is 16.5. The average molecular weight is 396 g/mol. The number of benzene rings is 1. The van der Waals surface area contributed by atoms with Crippen LogP contribution in [0.2, 0.25) is 0 Å². The minimum absolute atomic E-state index is 0.00945. The van der Waals surface area contributed by atoms with Crippen LogP contribution in [0.4, 0.5) is 0 Å². The van der Waals surface area contributed by atoms with Gasteiger partial charge in [-0.15, -0.1) is 0 Å². The molecule has 29 heavy (non-hydrogen) atoms. The Morgan fingerprint density at radius 3 is 2.48 bits per heavy atom. The Bertz CT molecular complexity index is 888.